The van der Waals surface area contributed by atoms with Crippen LogP contribution < -0.4 is 10.2 Å². The molecule has 0 saturated carbocycles. The van der Waals surface area contributed by atoms with Crippen molar-refractivity contribution < 1.29 is 18.4 Å². The number of halogens is 3. The number of anilines is 1. The van der Waals surface area contributed by atoms with E-state index < -0.39 is 17.5 Å². The van der Waals surface area contributed by atoms with Crippen molar-refractivity contribution in [2.24, 2.45) is 0 Å². The standard InChI is InChI=1S/C22H17ClF2N2O2/c23-16-7-5-15(6-8-16)22(29)27(18-11-9-17(24)10-12-18)14-13-26-21(28)19-3-1-2-4-20(19)25/h1-12H,13-14H2,(H,26,28). The summed E-state index contributed by atoms with van der Waals surface area (Å²) < 4.78 is 27.0. The van der Waals surface area contributed by atoms with Gasteiger partial charge in [0.15, 0.2) is 0 Å². The molecule has 0 aliphatic rings. The van der Waals surface area contributed by atoms with Crippen molar-refractivity contribution in [3.63, 3.8) is 0 Å². The van der Waals surface area contributed by atoms with Gasteiger partial charge in [-0.3, -0.25) is 9.59 Å². The summed E-state index contributed by atoms with van der Waals surface area (Å²) in [7, 11) is 0. The molecule has 0 aromatic heterocycles. The lowest BCUT2D eigenvalue weighted by atomic mass is 10.1. The maximum atomic E-state index is 13.7. The second-order valence-electron chi connectivity index (χ2n) is 6.18. The summed E-state index contributed by atoms with van der Waals surface area (Å²) in [5.74, 6) is -1.98. The van der Waals surface area contributed by atoms with E-state index in [4.69, 9.17) is 11.6 Å². The molecule has 0 atom stereocenters. The molecule has 0 aliphatic heterocycles. The highest BCUT2D eigenvalue weighted by Gasteiger charge is 2.19. The zero-order chi connectivity index (χ0) is 20.8. The molecule has 3 aromatic rings. The van der Waals surface area contributed by atoms with Gasteiger partial charge in [0.05, 0.1) is 5.56 Å². The van der Waals surface area contributed by atoms with Gasteiger partial charge in [-0.1, -0.05) is 23.7 Å². The normalized spacial score (nSPS) is 10.4. The van der Waals surface area contributed by atoms with E-state index in [2.05, 4.69) is 5.32 Å². The van der Waals surface area contributed by atoms with E-state index >= 15 is 0 Å². The largest absolute Gasteiger partial charge is 0.350 e. The Bertz CT molecular complexity index is 1010. The van der Waals surface area contributed by atoms with Crippen LogP contribution in [0.5, 0.6) is 0 Å². The van der Waals surface area contributed by atoms with Gasteiger partial charge in [-0.15, -0.1) is 0 Å². The molecule has 0 unspecified atom stereocenters. The third-order valence-electron chi connectivity index (χ3n) is 4.21. The molecule has 29 heavy (non-hydrogen) atoms. The molecule has 0 bridgehead atoms. The van der Waals surface area contributed by atoms with Crippen molar-refractivity contribution in [3.8, 4) is 0 Å². The molecule has 1 N–H and O–H groups in total. The fourth-order valence-electron chi connectivity index (χ4n) is 2.74. The summed E-state index contributed by atoms with van der Waals surface area (Å²) in [4.78, 5) is 26.6. The van der Waals surface area contributed by atoms with Crippen LogP contribution in [0.25, 0.3) is 0 Å². The van der Waals surface area contributed by atoms with Crippen molar-refractivity contribution in [3.05, 3.63) is 101 Å². The summed E-state index contributed by atoms with van der Waals surface area (Å²) in [5.41, 5.74) is 0.774. The number of carbonyl (C=O) groups excluding carboxylic acids is 2. The average molecular weight is 415 g/mol. The third-order valence-corrected chi connectivity index (χ3v) is 4.47. The summed E-state index contributed by atoms with van der Waals surface area (Å²) in [6.07, 6.45) is 0. The van der Waals surface area contributed by atoms with Crippen molar-refractivity contribution in [1.82, 2.24) is 5.32 Å². The Morgan fingerprint density at radius 1 is 0.897 bits per heavy atom. The van der Waals surface area contributed by atoms with Crippen LogP contribution in [0.4, 0.5) is 14.5 Å². The molecule has 3 aromatic carbocycles. The second kappa shape index (κ2) is 9.30. The predicted octanol–water partition coefficient (Wildman–Crippen LogP) is 4.70. The van der Waals surface area contributed by atoms with Gasteiger partial charge in [0.1, 0.15) is 11.6 Å². The molecule has 0 aliphatic carbocycles. The highest BCUT2D eigenvalue weighted by molar-refractivity contribution is 6.30. The Morgan fingerprint density at radius 2 is 1.55 bits per heavy atom. The van der Waals surface area contributed by atoms with Crippen LogP contribution in [-0.2, 0) is 0 Å². The first-order chi connectivity index (χ1) is 14.0. The average Bonchev–Trinajstić information content (AvgIpc) is 2.72. The first-order valence-electron chi connectivity index (χ1n) is 8.81. The van der Waals surface area contributed by atoms with E-state index in [1.54, 1.807) is 30.3 Å². The van der Waals surface area contributed by atoms with E-state index in [1.807, 2.05) is 0 Å². The van der Waals surface area contributed by atoms with Crippen LogP contribution in [0.3, 0.4) is 0 Å². The van der Waals surface area contributed by atoms with E-state index in [1.165, 1.54) is 47.4 Å². The van der Waals surface area contributed by atoms with Gasteiger partial charge in [-0.25, -0.2) is 8.78 Å². The third kappa shape index (κ3) is 5.18. The van der Waals surface area contributed by atoms with Gasteiger partial charge in [0.2, 0.25) is 0 Å². The number of carbonyl (C=O) groups is 2. The Hall–Kier alpha value is -3.25. The van der Waals surface area contributed by atoms with Crippen LogP contribution in [0.1, 0.15) is 20.7 Å². The van der Waals surface area contributed by atoms with Crippen LogP contribution in [0, 0.1) is 11.6 Å². The number of rotatable bonds is 6. The van der Waals surface area contributed by atoms with Crippen LogP contribution in [0.15, 0.2) is 72.8 Å². The number of nitrogens with zero attached hydrogens (tertiary/aromatic N) is 1. The van der Waals surface area contributed by atoms with Crippen LogP contribution in [-0.4, -0.2) is 24.9 Å². The monoisotopic (exact) mass is 414 g/mol. The Labute approximate surface area is 171 Å². The topological polar surface area (TPSA) is 49.4 Å². The molecule has 4 nitrogen and oxygen atoms in total. The number of hydrogen-bond acceptors (Lipinski definition) is 2. The van der Waals surface area contributed by atoms with Gasteiger partial charge in [-0.05, 0) is 60.7 Å². The lowest BCUT2D eigenvalue weighted by molar-refractivity contribution is 0.0939. The zero-order valence-electron chi connectivity index (χ0n) is 15.2. The van der Waals surface area contributed by atoms with E-state index in [0.717, 1.165) is 0 Å². The van der Waals surface area contributed by atoms with E-state index in [-0.39, 0.29) is 24.6 Å². The minimum Gasteiger partial charge on any atom is -0.350 e. The molecule has 0 spiro atoms. The lowest BCUT2D eigenvalue weighted by Gasteiger charge is -2.23. The molecule has 3 rings (SSSR count). The molecule has 0 fully saturated rings. The first kappa shape index (κ1) is 20.5. The van der Waals surface area contributed by atoms with Gasteiger partial charge in [0.25, 0.3) is 11.8 Å². The second-order valence-corrected chi connectivity index (χ2v) is 6.61. The molecule has 0 saturated heterocycles. The van der Waals surface area contributed by atoms with E-state index in [0.29, 0.717) is 16.3 Å². The zero-order valence-corrected chi connectivity index (χ0v) is 16.0. The highest BCUT2D eigenvalue weighted by atomic mass is 35.5. The summed E-state index contributed by atoms with van der Waals surface area (Å²) in [6.45, 7) is 0.178. The Balaban J connectivity index is 1.75. The SMILES string of the molecule is O=C(NCCN(C(=O)c1ccc(Cl)cc1)c1ccc(F)cc1)c1ccccc1F. The molecule has 7 heteroatoms. The summed E-state index contributed by atoms with van der Waals surface area (Å²) >= 11 is 5.88. The van der Waals surface area contributed by atoms with Gasteiger partial charge < -0.3 is 10.2 Å². The van der Waals surface area contributed by atoms with Crippen molar-refractivity contribution in [2.75, 3.05) is 18.0 Å². The maximum absolute atomic E-state index is 13.7. The predicted molar refractivity (Wildman–Crippen MR) is 108 cm³/mol. The summed E-state index contributed by atoms with van der Waals surface area (Å²) in [6, 6.07) is 17.4. The van der Waals surface area contributed by atoms with Gasteiger partial charge in [-0.2, -0.15) is 0 Å². The first-order valence-corrected chi connectivity index (χ1v) is 9.19. The Morgan fingerprint density at radius 3 is 2.21 bits per heavy atom. The molecule has 148 valence electrons. The minimum absolute atomic E-state index is 0.0733. The lowest BCUT2D eigenvalue weighted by Crippen LogP contribution is -2.39. The number of nitrogens with one attached hydrogen (secondary N) is 1. The fourth-order valence-corrected chi connectivity index (χ4v) is 2.87. The molecule has 0 heterocycles. The fraction of sp³-hybridized carbons (Fsp3) is 0.0909. The maximum Gasteiger partial charge on any atom is 0.258 e. The van der Waals surface area contributed by atoms with Crippen LogP contribution >= 0.6 is 11.6 Å². The molecular formula is C22H17ClF2N2O2. The highest BCUT2D eigenvalue weighted by Crippen LogP contribution is 2.19. The van der Waals surface area contributed by atoms with E-state index in [9.17, 15) is 18.4 Å². The molecule has 0 radical (unpaired) electrons. The number of amides is 2. The van der Waals surface area contributed by atoms with Crippen molar-refractivity contribution in [1.29, 1.82) is 0 Å². The van der Waals surface area contributed by atoms with Crippen molar-refractivity contribution >= 4 is 29.1 Å². The minimum atomic E-state index is -0.627. The summed E-state index contributed by atoms with van der Waals surface area (Å²) in [5, 5.41) is 3.09. The molecular weight excluding hydrogens is 398 g/mol. The van der Waals surface area contributed by atoms with Gasteiger partial charge in [0, 0.05) is 29.4 Å². The van der Waals surface area contributed by atoms with Crippen LogP contribution in [0.2, 0.25) is 5.02 Å². The number of hydrogen-bond donors (Lipinski definition) is 1. The van der Waals surface area contributed by atoms with Gasteiger partial charge >= 0.3 is 0 Å². The smallest absolute Gasteiger partial charge is 0.258 e. The number of benzene rings is 3. The quantitative estimate of drug-likeness (QED) is 0.636. The Kier molecular flexibility index (Phi) is 6.57. The molecule has 2 amide bonds. The van der Waals surface area contributed by atoms with Crippen molar-refractivity contribution in [2.45, 2.75) is 0 Å².